The molecule has 0 aliphatic heterocycles. The zero-order chi connectivity index (χ0) is 13.7. The quantitative estimate of drug-likeness (QED) is 0.799. The van der Waals surface area contributed by atoms with E-state index in [1.54, 1.807) is 6.07 Å². The molecule has 5 heteroatoms. The number of amides is 1. The Morgan fingerprint density at radius 3 is 2.56 bits per heavy atom. The number of rotatable bonds is 6. The second kappa shape index (κ2) is 6.26. The summed E-state index contributed by atoms with van der Waals surface area (Å²) in [6, 6.07) is 3.54. The number of carbonyl (C=O) groups excluding carboxylic acids is 1. The molecular weight excluding hydrogens is 230 g/mol. The van der Waals surface area contributed by atoms with Crippen molar-refractivity contribution in [3.63, 3.8) is 0 Å². The highest BCUT2D eigenvalue weighted by Gasteiger charge is 2.17. The number of benzene rings is 1. The molecule has 0 saturated heterocycles. The maximum absolute atomic E-state index is 11.4. The van der Waals surface area contributed by atoms with Crippen LogP contribution in [0.1, 0.15) is 22.8 Å². The van der Waals surface area contributed by atoms with Crippen LogP contribution < -0.4 is 15.8 Å². The fourth-order valence-electron chi connectivity index (χ4n) is 1.84. The van der Waals surface area contributed by atoms with Crippen molar-refractivity contribution in [1.82, 2.24) is 4.90 Å². The average Bonchev–Trinajstić information content (AvgIpc) is 2.30. The molecule has 1 amide bonds. The number of nitrogens with two attached hydrogens (primary N) is 1. The van der Waals surface area contributed by atoms with Gasteiger partial charge in [0.1, 0.15) is 5.75 Å². The third-order valence-corrected chi connectivity index (χ3v) is 2.56. The Morgan fingerprint density at radius 1 is 1.44 bits per heavy atom. The zero-order valence-corrected chi connectivity index (χ0v) is 11.4. The van der Waals surface area contributed by atoms with Crippen LogP contribution >= 0.6 is 0 Å². The monoisotopic (exact) mass is 251 g/mol. The first-order chi connectivity index (χ1) is 8.51. The van der Waals surface area contributed by atoms with E-state index in [9.17, 15) is 4.79 Å². The Hall–Kier alpha value is -1.75. The maximum Gasteiger partial charge on any atom is 0.252 e. The van der Waals surface area contributed by atoms with Crippen molar-refractivity contribution in [2.24, 2.45) is 5.73 Å². The van der Waals surface area contributed by atoms with Crippen LogP contribution in [-0.4, -0.2) is 38.6 Å². The molecule has 0 aliphatic carbocycles. The van der Waals surface area contributed by atoms with E-state index >= 15 is 0 Å². The van der Waals surface area contributed by atoms with Gasteiger partial charge in [0.05, 0.1) is 12.2 Å². The number of nitrogens with one attached hydrogen (secondary N) is 1. The number of hydrogen-bond acceptors (Lipinski definition) is 4. The van der Waals surface area contributed by atoms with Crippen molar-refractivity contribution < 1.29 is 9.53 Å². The van der Waals surface area contributed by atoms with Crippen LogP contribution in [-0.2, 0) is 6.54 Å². The molecule has 0 unspecified atom stereocenters. The standard InChI is InChI=1S/C13H21N3O2/c1-5-18-12-9(13(14)17)6-7-11(15-2)10(12)8-16(3)4/h6-7,15H,5,8H2,1-4H3,(H2,14,17). The van der Waals surface area contributed by atoms with Gasteiger partial charge in [-0.1, -0.05) is 0 Å². The zero-order valence-electron chi connectivity index (χ0n) is 11.4. The summed E-state index contributed by atoms with van der Waals surface area (Å²) in [6.07, 6.45) is 0. The molecule has 0 aliphatic rings. The fourth-order valence-corrected chi connectivity index (χ4v) is 1.84. The molecular formula is C13H21N3O2. The summed E-state index contributed by atoms with van der Waals surface area (Å²) in [5.74, 6) is 0.103. The first-order valence-corrected chi connectivity index (χ1v) is 5.92. The lowest BCUT2D eigenvalue weighted by Gasteiger charge is -2.20. The second-order valence-corrected chi connectivity index (χ2v) is 4.25. The topological polar surface area (TPSA) is 67.6 Å². The van der Waals surface area contributed by atoms with Crippen molar-refractivity contribution >= 4 is 11.6 Å². The second-order valence-electron chi connectivity index (χ2n) is 4.25. The summed E-state index contributed by atoms with van der Waals surface area (Å²) in [7, 11) is 5.77. The molecule has 100 valence electrons. The average molecular weight is 251 g/mol. The molecule has 5 nitrogen and oxygen atoms in total. The predicted octanol–water partition coefficient (Wildman–Crippen LogP) is 1.29. The smallest absolute Gasteiger partial charge is 0.252 e. The van der Waals surface area contributed by atoms with Gasteiger partial charge in [-0.2, -0.15) is 0 Å². The molecule has 0 bridgehead atoms. The summed E-state index contributed by atoms with van der Waals surface area (Å²) in [5.41, 5.74) is 7.69. The van der Waals surface area contributed by atoms with Crippen LogP contribution in [0.15, 0.2) is 12.1 Å². The van der Waals surface area contributed by atoms with E-state index in [2.05, 4.69) is 5.32 Å². The number of anilines is 1. The highest BCUT2D eigenvalue weighted by molar-refractivity contribution is 5.97. The Kier molecular flexibility index (Phi) is 4.97. The predicted molar refractivity (Wildman–Crippen MR) is 73.1 cm³/mol. The SMILES string of the molecule is CCOc1c(C(N)=O)ccc(NC)c1CN(C)C. The van der Waals surface area contributed by atoms with E-state index in [0.717, 1.165) is 11.3 Å². The number of carbonyl (C=O) groups is 1. The Morgan fingerprint density at radius 2 is 2.11 bits per heavy atom. The minimum Gasteiger partial charge on any atom is -0.493 e. The van der Waals surface area contributed by atoms with E-state index < -0.39 is 5.91 Å². The number of ether oxygens (including phenoxy) is 1. The molecule has 3 N–H and O–H groups in total. The lowest BCUT2D eigenvalue weighted by Crippen LogP contribution is -2.18. The Labute approximate surface area is 108 Å². The van der Waals surface area contributed by atoms with Crippen molar-refractivity contribution in [3.8, 4) is 5.75 Å². The first kappa shape index (κ1) is 14.3. The Balaban J connectivity index is 3.37. The normalized spacial score (nSPS) is 10.5. The fraction of sp³-hybridized carbons (Fsp3) is 0.462. The van der Waals surface area contributed by atoms with Gasteiger partial charge in [0.25, 0.3) is 5.91 Å². The minimum absolute atomic E-state index is 0.424. The molecule has 0 heterocycles. The van der Waals surface area contributed by atoms with Crippen LogP contribution in [0.3, 0.4) is 0 Å². The van der Waals surface area contributed by atoms with Crippen molar-refractivity contribution in [2.75, 3.05) is 33.1 Å². The van der Waals surface area contributed by atoms with Gasteiger partial charge >= 0.3 is 0 Å². The molecule has 1 aromatic carbocycles. The molecule has 0 aromatic heterocycles. The van der Waals surface area contributed by atoms with E-state index in [4.69, 9.17) is 10.5 Å². The number of nitrogens with zero attached hydrogens (tertiary/aromatic N) is 1. The lowest BCUT2D eigenvalue weighted by atomic mass is 10.1. The number of primary amides is 1. The van der Waals surface area contributed by atoms with Gasteiger partial charge in [-0.3, -0.25) is 4.79 Å². The number of hydrogen-bond donors (Lipinski definition) is 2. The Bertz CT molecular complexity index is 430. The van der Waals surface area contributed by atoms with Crippen LogP contribution in [0.4, 0.5) is 5.69 Å². The molecule has 0 atom stereocenters. The van der Waals surface area contributed by atoms with Crippen molar-refractivity contribution in [1.29, 1.82) is 0 Å². The van der Waals surface area contributed by atoms with E-state index in [0.29, 0.717) is 24.5 Å². The largest absolute Gasteiger partial charge is 0.493 e. The van der Waals surface area contributed by atoms with E-state index in [1.165, 1.54) is 0 Å². The van der Waals surface area contributed by atoms with Gasteiger partial charge in [0.15, 0.2) is 0 Å². The van der Waals surface area contributed by atoms with Gasteiger partial charge in [0, 0.05) is 24.8 Å². The third kappa shape index (κ3) is 3.13. The van der Waals surface area contributed by atoms with Gasteiger partial charge in [-0.05, 0) is 33.2 Å². The molecule has 0 fully saturated rings. The molecule has 0 spiro atoms. The van der Waals surface area contributed by atoms with E-state index in [1.807, 2.05) is 39.0 Å². The third-order valence-electron chi connectivity index (χ3n) is 2.56. The molecule has 0 saturated carbocycles. The van der Waals surface area contributed by atoms with Gasteiger partial charge in [-0.15, -0.1) is 0 Å². The highest BCUT2D eigenvalue weighted by Crippen LogP contribution is 2.31. The summed E-state index contributed by atoms with van der Waals surface area (Å²) in [6.45, 7) is 3.05. The minimum atomic E-state index is -0.471. The maximum atomic E-state index is 11.4. The molecule has 1 aromatic rings. The van der Waals surface area contributed by atoms with Crippen LogP contribution in [0.2, 0.25) is 0 Å². The lowest BCUT2D eigenvalue weighted by molar-refractivity contribution is 0.0996. The van der Waals surface area contributed by atoms with Crippen LogP contribution in [0.25, 0.3) is 0 Å². The highest BCUT2D eigenvalue weighted by atomic mass is 16.5. The molecule has 0 radical (unpaired) electrons. The van der Waals surface area contributed by atoms with Crippen molar-refractivity contribution in [3.05, 3.63) is 23.3 Å². The summed E-state index contributed by atoms with van der Waals surface area (Å²) < 4.78 is 5.61. The van der Waals surface area contributed by atoms with Crippen LogP contribution in [0, 0.1) is 0 Å². The van der Waals surface area contributed by atoms with Gasteiger partial charge < -0.3 is 20.7 Å². The van der Waals surface area contributed by atoms with E-state index in [-0.39, 0.29) is 0 Å². The van der Waals surface area contributed by atoms with Gasteiger partial charge in [0.2, 0.25) is 0 Å². The summed E-state index contributed by atoms with van der Waals surface area (Å²) >= 11 is 0. The van der Waals surface area contributed by atoms with Gasteiger partial charge in [-0.25, -0.2) is 0 Å². The summed E-state index contributed by atoms with van der Waals surface area (Å²) in [5, 5.41) is 3.11. The van der Waals surface area contributed by atoms with Crippen LogP contribution in [0.5, 0.6) is 5.75 Å². The summed E-state index contributed by atoms with van der Waals surface area (Å²) in [4.78, 5) is 13.5. The molecule has 18 heavy (non-hydrogen) atoms. The first-order valence-electron chi connectivity index (χ1n) is 5.92. The molecule has 1 rings (SSSR count). The van der Waals surface area contributed by atoms with Crippen molar-refractivity contribution in [2.45, 2.75) is 13.5 Å².